The van der Waals surface area contributed by atoms with Crippen molar-refractivity contribution in [3.05, 3.63) is 65.4 Å². The van der Waals surface area contributed by atoms with Gasteiger partial charge in [0, 0.05) is 42.7 Å². The molecule has 46 heavy (non-hydrogen) atoms. The van der Waals surface area contributed by atoms with E-state index in [9.17, 15) is 14.7 Å². The van der Waals surface area contributed by atoms with Gasteiger partial charge in [-0.15, -0.1) is 0 Å². The molecule has 2 aromatic carbocycles. The minimum Gasteiger partial charge on any atom is -0.493 e. The van der Waals surface area contributed by atoms with E-state index in [1.54, 1.807) is 13.3 Å². The molecule has 3 aromatic rings. The van der Waals surface area contributed by atoms with Crippen LogP contribution in [0.15, 0.2) is 47.0 Å². The van der Waals surface area contributed by atoms with Gasteiger partial charge in [0.2, 0.25) is 18.4 Å². The normalized spacial score (nSPS) is 19.4. The van der Waals surface area contributed by atoms with Crippen LogP contribution in [-0.2, 0) is 22.6 Å². The number of aromatic nitrogens is 1. The van der Waals surface area contributed by atoms with Crippen LogP contribution in [0.5, 0.6) is 17.2 Å². The maximum atomic E-state index is 14.2. The molecule has 2 aliphatic heterocycles. The summed E-state index contributed by atoms with van der Waals surface area (Å²) in [5.41, 5.74) is 2.79. The molecule has 1 saturated heterocycles. The Morgan fingerprint density at radius 1 is 1.17 bits per heavy atom. The summed E-state index contributed by atoms with van der Waals surface area (Å²) in [5.74, 6) is 0.620. The van der Waals surface area contributed by atoms with Crippen LogP contribution in [0.2, 0.25) is 0 Å². The van der Waals surface area contributed by atoms with E-state index < -0.39 is 23.8 Å². The summed E-state index contributed by atoms with van der Waals surface area (Å²) in [6.45, 7) is 5.90. The van der Waals surface area contributed by atoms with Gasteiger partial charge >= 0.3 is 5.97 Å². The van der Waals surface area contributed by atoms with Crippen molar-refractivity contribution in [2.24, 2.45) is 5.92 Å². The number of fused-ring (bicyclic) bond motifs is 1. The predicted octanol–water partition coefficient (Wildman–Crippen LogP) is 4.86. The minimum atomic E-state index is -0.916. The molecule has 0 radical (unpaired) electrons. The summed E-state index contributed by atoms with van der Waals surface area (Å²) in [5, 5.41) is 10.7. The van der Waals surface area contributed by atoms with Crippen LogP contribution in [0.3, 0.4) is 0 Å². The lowest BCUT2D eigenvalue weighted by atomic mass is 9.83. The molecule has 11 nitrogen and oxygen atoms in total. The lowest BCUT2D eigenvalue weighted by Gasteiger charge is -2.30. The fourth-order valence-electron chi connectivity index (χ4n) is 6.69. The van der Waals surface area contributed by atoms with Crippen LogP contribution in [-0.4, -0.2) is 92.1 Å². The molecule has 3 atom stereocenters. The Hall–Kier alpha value is -4.09. The van der Waals surface area contributed by atoms with Crippen LogP contribution in [0.4, 0.5) is 5.69 Å². The number of rotatable bonds is 14. The largest absolute Gasteiger partial charge is 0.493 e. The summed E-state index contributed by atoms with van der Waals surface area (Å²) in [6.07, 6.45) is 4.39. The van der Waals surface area contributed by atoms with Gasteiger partial charge in [0.15, 0.2) is 17.4 Å². The quantitative estimate of drug-likeness (QED) is 0.248. The minimum absolute atomic E-state index is 0.0547. The van der Waals surface area contributed by atoms with E-state index in [0.29, 0.717) is 54.8 Å². The Bertz CT molecular complexity index is 1530. The molecular formula is C35H47N4O7+. The van der Waals surface area contributed by atoms with Gasteiger partial charge in [0.1, 0.15) is 12.3 Å². The van der Waals surface area contributed by atoms with Crippen molar-refractivity contribution in [2.75, 3.05) is 59.6 Å². The van der Waals surface area contributed by atoms with Gasteiger partial charge in [0.05, 0.1) is 46.9 Å². The number of quaternary nitrogens is 1. The van der Waals surface area contributed by atoms with Crippen LogP contribution < -0.4 is 19.1 Å². The number of hydrogen-bond acceptors (Lipinski definition) is 8. The lowest BCUT2D eigenvalue weighted by molar-refractivity contribution is -0.884. The monoisotopic (exact) mass is 635 g/mol. The fourth-order valence-corrected chi connectivity index (χ4v) is 6.69. The average molecular weight is 636 g/mol. The van der Waals surface area contributed by atoms with Gasteiger partial charge in [-0.3, -0.25) is 14.5 Å². The third-order valence-corrected chi connectivity index (χ3v) is 8.72. The van der Waals surface area contributed by atoms with E-state index in [2.05, 4.69) is 45.2 Å². The number of anilines is 1. The molecule has 0 saturated carbocycles. The van der Waals surface area contributed by atoms with E-state index in [0.717, 1.165) is 40.7 Å². The molecule has 1 N–H and O–H groups in total. The molecule has 0 aliphatic carbocycles. The Balaban J connectivity index is 1.47. The first kappa shape index (κ1) is 33.3. The molecule has 0 spiro atoms. The lowest BCUT2D eigenvalue weighted by Crippen LogP contribution is -2.44. The van der Waals surface area contributed by atoms with E-state index in [-0.39, 0.29) is 19.2 Å². The zero-order chi connectivity index (χ0) is 33.0. The number of nitrogens with zero attached hydrogens (tertiary/aromatic N) is 4. The predicted molar refractivity (Wildman–Crippen MR) is 173 cm³/mol. The molecule has 1 fully saturated rings. The number of carbonyl (C=O) groups excluding carboxylic acids is 1. The number of aliphatic carboxylic acids is 1. The summed E-state index contributed by atoms with van der Waals surface area (Å²) in [4.78, 5) is 35.5. The summed E-state index contributed by atoms with van der Waals surface area (Å²) in [6, 6.07) is 11.4. The van der Waals surface area contributed by atoms with Crippen molar-refractivity contribution in [1.82, 2.24) is 9.88 Å². The number of ether oxygens (including phenoxy) is 3. The number of likely N-dealkylation sites (tertiary alicyclic amines) is 1. The molecule has 1 aromatic heterocycles. The van der Waals surface area contributed by atoms with Gasteiger partial charge in [-0.2, -0.15) is 0 Å². The highest BCUT2D eigenvalue weighted by Crippen LogP contribution is 2.47. The van der Waals surface area contributed by atoms with Gasteiger partial charge in [0.25, 0.3) is 0 Å². The smallest absolute Gasteiger partial charge is 0.308 e. The van der Waals surface area contributed by atoms with E-state index in [4.69, 9.17) is 18.6 Å². The molecule has 0 bridgehead atoms. The molecule has 11 heteroatoms. The second-order valence-electron chi connectivity index (χ2n) is 13.3. The highest BCUT2D eigenvalue weighted by atomic mass is 16.7. The maximum absolute atomic E-state index is 14.2. The van der Waals surface area contributed by atoms with Crippen molar-refractivity contribution < 1.29 is 37.8 Å². The van der Waals surface area contributed by atoms with Crippen LogP contribution in [0.25, 0.3) is 0 Å². The number of benzene rings is 2. The summed E-state index contributed by atoms with van der Waals surface area (Å²) < 4.78 is 23.4. The third kappa shape index (κ3) is 7.64. The molecule has 248 valence electrons. The molecule has 2 aliphatic rings. The Morgan fingerprint density at radius 3 is 2.65 bits per heavy atom. The maximum Gasteiger partial charge on any atom is 0.308 e. The summed E-state index contributed by atoms with van der Waals surface area (Å²) >= 11 is 0. The first-order valence-corrected chi connectivity index (χ1v) is 16.0. The molecule has 5 rings (SSSR count). The Labute approximate surface area is 271 Å². The second-order valence-corrected chi connectivity index (χ2v) is 13.3. The highest BCUT2D eigenvalue weighted by Gasteiger charge is 2.47. The van der Waals surface area contributed by atoms with Crippen LogP contribution in [0.1, 0.15) is 54.9 Å². The first-order valence-electron chi connectivity index (χ1n) is 16.0. The van der Waals surface area contributed by atoms with Gasteiger partial charge in [-0.05, 0) is 49.6 Å². The van der Waals surface area contributed by atoms with E-state index in [1.807, 2.05) is 41.0 Å². The van der Waals surface area contributed by atoms with Crippen molar-refractivity contribution in [3.8, 4) is 17.2 Å². The number of amides is 1. The number of methoxy groups -OCH3 is 1. The van der Waals surface area contributed by atoms with Crippen molar-refractivity contribution in [1.29, 1.82) is 0 Å². The van der Waals surface area contributed by atoms with Crippen molar-refractivity contribution >= 4 is 17.6 Å². The van der Waals surface area contributed by atoms with E-state index >= 15 is 0 Å². The third-order valence-electron chi connectivity index (χ3n) is 8.72. The molecule has 3 heterocycles. The highest BCUT2D eigenvalue weighted by molar-refractivity contribution is 5.95. The van der Waals surface area contributed by atoms with Crippen molar-refractivity contribution in [3.63, 3.8) is 0 Å². The van der Waals surface area contributed by atoms with Gasteiger partial charge in [-0.25, -0.2) is 4.98 Å². The Morgan fingerprint density at radius 2 is 1.98 bits per heavy atom. The SMILES string of the molecule is CCCCN(C(=O)CN1CC(c2cc(OC)c3c(c2)OCO3)C(C(=O)O)C1CCc1ncc(C)o1)c1cccc(C[N+](C)(C)C)c1. The number of carboxylic acid groups (broad SMARTS) is 1. The summed E-state index contributed by atoms with van der Waals surface area (Å²) in [7, 11) is 7.98. The van der Waals surface area contributed by atoms with Gasteiger partial charge in [-0.1, -0.05) is 25.5 Å². The average Bonchev–Trinajstić information content (AvgIpc) is 3.73. The molecular weight excluding hydrogens is 588 g/mol. The van der Waals surface area contributed by atoms with Gasteiger partial charge < -0.3 is 33.1 Å². The zero-order valence-corrected chi connectivity index (χ0v) is 27.8. The number of unbranched alkanes of at least 4 members (excludes halogenated alkanes) is 1. The fraction of sp³-hybridized carbons (Fsp3) is 0.514. The number of carboxylic acids is 1. The van der Waals surface area contributed by atoms with Crippen LogP contribution in [0, 0.1) is 12.8 Å². The first-order chi connectivity index (χ1) is 22.0. The number of carbonyl (C=O) groups is 2. The van der Waals surface area contributed by atoms with Crippen LogP contribution >= 0.6 is 0 Å². The Kier molecular flexibility index (Phi) is 10.2. The molecule has 1 amide bonds. The number of hydrogen-bond donors (Lipinski definition) is 1. The number of aryl methyl sites for hydroxylation is 2. The topological polar surface area (TPSA) is 115 Å². The number of oxazole rings is 1. The van der Waals surface area contributed by atoms with Crippen molar-refractivity contribution in [2.45, 2.75) is 58.0 Å². The molecule has 3 unspecified atom stereocenters. The standard InChI is InChI=1S/C35H46N4O7/c1-7-8-14-38(26-11-9-10-24(15-26)21-39(3,4)5)32(40)20-37-19-27(25-16-29(43-6)34-30(17-25)44-22-45-34)33(35(41)42)28(37)12-13-31-36-18-23(2)46-31/h9-11,15-18,27-28,33H,7-8,12-14,19-22H2,1-6H3/p+1. The second kappa shape index (κ2) is 14.1. The van der Waals surface area contributed by atoms with E-state index in [1.165, 1.54) is 0 Å². The zero-order valence-electron chi connectivity index (χ0n) is 27.8.